The molecule has 5 heteroatoms. The van der Waals surface area contributed by atoms with Crippen LogP contribution in [0.1, 0.15) is 16.1 Å². The standard InChI is InChI=1S/C12H13FN2O2/c1-14-12(17)11-8(4-5-16)9-6-7(13)2-3-10(9)15-11/h2-3,6,15-16H,4-5H2,1H3,(H,14,17). The first-order chi connectivity index (χ1) is 8.17. The Bertz CT molecular complexity index is 563. The van der Waals surface area contributed by atoms with Gasteiger partial charge < -0.3 is 15.4 Å². The van der Waals surface area contributed by atoms with Crippen molar-refractivity contribution in [2.45, 2.75) is 6.42 Å². The van der Waals surface area contributed by atoms with Gasteiger partial charge >= 0.3 is 0 Å². The molecule has 2 rings (SSSR count). The number of carbonyl (C=O) groups excluding carboxylic acids is 1. The van der Waals surface area contributed by atoms with Crippen LogP contribution < -0.4 is 5.32 Å². The van der Waals surface area contributed by atoms with E-state index in [9.17, 15) is 9.18 Å². The lowest BCUT2D eigenvalue weighted by atomic mass is 10.1. The summed E-state index contributed by atoms with van der Waals surface area (Å²) in [6.45, 7) is -0.0898. The summed E-state index contributed by atoms with van der Waals surface area (Å²) in [4.78, 5) is 14.6. The highest BCUT2D eigenvalue weighted by atomic mass is 19.1. The van der Waals surface area contributed by atoms with Crippen LogP contribution in [0, 0.1) is 5.82 Å². The summed E-state index contributed by atoms with van der Waals surface area (Å²) in [5, 5.41) is 12.2. The number of rotatable bonds is 3. The minimum atomic E-state index is -0.362. The number of benzene rings is 1. The van der Waals surface area contributed by atoms with Crippen molar-refractivity contribution in [1.82, 2.24) is 10.3 Å². The van der Waals surface area contributed by atoms with E-state index in [1.165, 1.54) is 19.2 Å². The minimum absolute atomic E-state index is 0.0898. The molecule has 2 aromatic rings. The third kappa shape index (κ3) is 2.01. The van der Waals surface area contributed by atoms with Crippen LogP contribution in [-0.2, 0) is 6.42 Å². The third-order valence-corrected chi connectivity index (χ3v) is 2.68. The molecule has 17 heavy (non-hydrogen) atoms. The number of aliphatic hydroxyl groups excluding tert-OH is 1. The molecular formula is C12H13FN2O2. The largest absolute Gasteiger partial charge is 0.396 e. The summed E-state index contributed by atoms with van der Waals surface area (Å²) >= 11 is 0. The molecule has 0 atom stereocenters. The summed E-state index contributed by atoms with van der Waals surface area (Å²) in [6, 6.07) is 4.27. The van der Waals surface area contributed by atoms with Crippen LogP contribution >= 0.6 is 0 Å². The molecule has 0 saturated carbocycles. The van der Waals surface area contributed by atoms with Gasteiger partial charge in [0.05, 0.1) is 0 Å². The van der Waals surface area contributed by atoms with E-state index in [1.54, 1.807) is 6.07 Å². The zero-order chi connectivity index (χ0) is 12.4. The Morgan fingerprint density at radius 1 is 1.53 bits per heavy atom. The fraction of sp³-hybridized carbons (Fsp3) is 0.250. The number of aromatic amines is 1. The van der Waals surface area contributed by atoms with Crippen molar-refractivity contribution >= 4 is 16.8 Å². The van der Waals surface area contributed by atoms with Crippen LogP contribution in [0.25, 0.3) is 10.9 Å². The Kier molecular flexibility index (Phi) is 3.10. The van der Waals surface area contributed by atoms with Gasteiger partial charge in [-0.3, -0.25) is 4.79 Å². The van der Waals surface area contributed by atoms with Crippen molar-refractivity contribution in [2.75, 3.05) is 13.7 Å². The topological polar surface area (TPSA) is 65.1 Å². The number of carbonyl (C=O) groups is 1. The van der Waals surface area contributed by atoms with Crippen molar-refractivity contribution in [3.63, 3.8) is 0 Å². The van der Waals surface area contributed by atoms with Gasteiger partial charge in [0.15, 0.2) is 0 Å². The number of aliphatic hydroxyl groups is 1. The molecule has 1 aromatic heterocycles. The molecule has 1 aromatic carbocycles. The zero-order valence-electron chi connectivity index (χ0n) is 9.38. The maximum Gasteiger partial charge on any atom is 0.267 e. The van der Waals surface area contributed by atoms with Crippen molar-refractivity contribution in [2.24, 2.45) is 0 Å². The first kappa shape index (κ1) is 11.6. The summed E-state index contributed by atoms with van der Waals surface area (Å²) in [7, 11) is 1.52. The van der Waals surface area contributed by atoms with E-state index in [0.717, 1.165) is 0 Å². The quantitative estimate of drug-likeness (QED) is 0.749. The fourth-order valence-corrected chi connectivity index (χ4v) is 1.91. The number of H-pyrrole nitrogens is 1. The van der Waals surface area contributed by atoms with Gasteiger partial charge in [-0.15, -0.1) is 0 Å². The van der Waals surface area contributed by atoms with Crippen LogP contribution in [0.15, 0.2) is 18.2 Å². The van der Waals surface area contributed by atoms with Gasteiger partial charge in [0.1, 0.15) is 11.5 Å². The summed E-state index contributed by atoms with van der Waals surface area (Å²) in [5.74, 6) is -0.635. The molecule has 0 aliphatic heterocycles. The fourth-order valence-electron chi connectivity index (χ4n) is 1.91. The van der Waals surface area contributed by atoms with Gasteiger partial charge in [-0.1, -0.05) is 0 Å². The van der Waals surface area contributed by atoms with Gasteiger partial charge in [0.25, 0.3) is 5.91 Å². The Morgan fingerprint density at radius 2 is 2.29 bits per heavy atom. The maximum absolute atomic E-state index is 13.2. The summed E-state index contributed by atoms with van der Waals surface area (Å²) in [6.07, 6.45) is 0.312. The molecule has 0 radical (unpaired) electrons. The molecule has 1 heterocycles. The molecule has 4 nitrogen and oxygen atoms in total. The molecule has 0 saturated heterocycles. The Morgan fingerprint density at radius 3 is 2.94 bits per heavy atom. The van der Waals surface area contributed by atoms with E-state index in [2.05, 4.69) is 10.3 Å². The molecule has 0 unspecified atom stereocenters. The number of hydrogen-bond acceptors (Lipinski definition) is 2. The van der Waals surface area contributed by atoms with Gasteiger partial charge in [0.2, 0.25) is 0 Å². The normalized spacial score (nSPS) is 10.8. The average molecular weight is 236 g/mol. The first-order valence-electron chi connectivity index (χ1n) is 5.30. The van der Waals surface area contributed by atoms with Crippen LogP contribution in [0.5, 0.6) is 0 Å². The number of halogens is 1. The van der Waals surface area contributed by atoms with Crippen LogP contribution in [0.4, 0.5) is 4.39 Å². The molecule has 0 bridgehead atoms. The van der Waals surface area contributed by atoms with Gasteiger partial charge in [0, 0.05) is 24.6 Å². The maximum atomic E-state index is 13.2. The second-order valence-electron chi connectivity index (χ2n) is 3.72. The van der Waals surface area contributed by atoms with Crippen LogP contribution in [-0.4, -0.2) is 29.7 Å². The summed E-state index contributed by atoms with van der Waals surface area (Å²) < 4.78 is 13.2. The van der Waals surface area contributed by atoms with Gasteiger partial charge in [-0.2, -0.15) is 0 Å². The van der Waals surface area contributed by atoms with E-state index >= 15 is 0 Å². The van der Waals surface area contributed by atoms with Gasteiger partial charge in [-0.05, 0) is 30.2 Å². The van der Waals surface area contributed by atoms with E-state index in [-0.39, 0.29) is 18.3 Å². The smallest absolute Gasteiger partial charge is 0.267 e. The van der Waals surface area contributed by atoms with E-state index in [4.69, 9.17) is 5.11 Å². The second kappa shape index (κ2) is 4.55. The van der Waals surface area contributed by atoms with E-state index in [0.29, 0.717) is 28.6 Å². The molecule has 0 fully saturated rings. The lowest BCUT2D eigenvalue weighted by Crippen LogP contribution is -2.19. The first-order valence-corrected chi connectivity index (χ1v) is 5.30. The number of nitrogens with one attached hydrogen (secondary N) is 2. The molecular weight excluding hydrogens is 223 g/mol. The second-order valence-corrected chi connectivity index (χ2v) is 3.72. The zero-order valence-corrected chi connectivity index (χ0v) is 9.38. The highest BCUT2D eigenvalue weighted by Crippen LogP contribution is 2.23. The molecule has 0 spiro atoms. The lowest BCUT2D eigenvalue weighted by molar-refractivity contribution is 0.0958. The predicted octanol–water partition coefficient (Wildman–Crippen LogP) is 1.20. The SMILES string of the molecule is CNC(=O)c1[nH]c2ccc(F)cc2c1CCO. The summed E-state index contributed by atoms with van der Waals surface area (Å²) in [5.41, 5.74) is 1.71. The van der Waals surface area contributed by atoms with Gasteiger partial charge in [-0.25, -0.2) is 4.39 Å². The molecule has 1 amide bonds. The average Bonchev–Trinajstić information content (AvgIpc) is 2.67. The number of hydrogen-bond donors (Lipinski definition) is 3. The Balaban J connectivity index is 2.66. The Hall–Kier alpha value is -1.88. The lowest BCUT2D eigenvalue weighted by Gasteiger charge is -2.01. The third-order valence-electron chi connectivity index (χ3n) is 2.68. The monoisotopic (exact) mass is 236 g/mol. The minimum Gasteiger partial charge on any atom is -0.396 e. The number of amides is 1. The predicted molar refractivity (Wildman–Crippen MR) is 62.4 cm³/mol. The highest BCUT2D eigenvalue weighted by molar-refractivity contribution is 6.00. The highest BCUT2D eigenvalue weighted by Gasteiger charge is 2.16. The van der Waals surface area contributed by atoms with Crippen molar-refractivity contribution in [3.8, 4) is 0 Å². The van der Waals surface area contributed by atoms with E-state index in [1.807, 2.05) is 0 Å². The van der Waals surface area contributed by atoms with Crippen LogP contribution in [0.2, 0.25) is 0 Å². The molecule has 3 N–H and O–H groups in total. The van der Waals surface area contributed by atoms with E-state index < -0.39 is 0 Å². The number of aromatic nitrogens is 1. The van der Waals surface area contributed by atoms with Crippen molar-refractivity contribution < 1.29 is 14.3 Å². The molecule has 0 aliphatic rings. The molecule has 90 valence electrons. The Labute approximate surface area is 97.5 Å². The van der Waals surface area contributed by atoms with Crippen molar-refractivity contribution in [3.05, 3.63) is 35.3 Å². The number of fused-ring (bicyclic) bond motifs is 1. The molecule has 0 aliphatic carbocycles. The van der Waals surface area contributed by atoms with Crippen molar-refractivity contribution in [1.29, 1.82) is 0 Å². The van der Waals surface area contributed by atoms with Crippen LogP contribution in [0.3, 0.4) is 0 Å².